The van der Waals surface area contributed by atoms with Crippen molar-refractivity contribution in [2.75, 3.05) is 19.6 Å². The van der Waals surface area contributed by atoms with E-state index in [-0.39, 0.29) is 12.5 Å². The Balaban J connectivity index is 1.91. The molecular formula is C13H15F2N3O2. The van der Waals surface area contributed by atoms with E-state index < -0.39 is 23.2 Å². The summed E-state index contributed by atoms with van der Waals surface area (Å²) in [4.78, 5) is 28.3. The van der Waals surface area contributed by atoms with Crippen molar-refractivity contribution in [3.63, 3.8) is 0 Å². The van der Waals surface area contributed by atoms with Gasteiger partial charge in [0.2, 0.25) is 11.9 Å². The molecule has 7 heteroatoms. The highest BCUT2D eigenvalue weighted by Crippen LogP contribution is 2.10. The number of nitrogens with zero attached hydrogens (tertiary/aromatic N) is 2. The van der Waals surface area contributed by atoms with Gasteiger partial charge >= 0.3 is 0 Å². The number of likely N-dealkylation sites (tertiary alicyclic amines) is 1. The largest absolute Gasteiger partial charge is 0.343 e. The first-order valence-electron chi connectivity index (χ1n) is 6.45. The van der Waals surface area contributed by atoms with Crippen LogP contribution in [0.3, 0.4) is 0 Å². The highest BCUT2D eigenvalue weighted by molar-refractivity contribution is 5.96. The van der Waals surface area contributed by atoms with Crippen LogP contribution in [0, 0.1) is 11.8 Å². The van der Waals surface area contributed by atoms with Gasteiger partial charge in [-0.2, -0.15) is 4.39 Å². The quantitative estimate of drug-likeness (QED) is 0.845. The molecule has 0 aliphatic carbocycles. The van der Waals surface area contributed by atoms with Gasteiger partial charge in [-0.25, -0.2) is 9.37 Å². The number of nitrogens with one attached hydrogen (secondary N) is 1. The molecule has 1 aromatic heterocycles. The first kappa shape index (κ1) is 14.4. The summed E-state index contributed by atoms with van der Waals surface area (Å²) in [6.45, 7) is 1.13. The molecule has 20 heavy (non-hydrogen) atoms. The average molecular weight is 283 g/mol. The van der Waals surface area contributed by atoms with Crippen LogP contribution in [0.2, 0.25) is 0 Å². The van der Waals surface area contributed by atoms with Crippen LogP contribution >= 0.6 is 0 Å². The Labute approximate surface area is 115 Å². The van der Waals surface area contributed by atoms with Crippen LogP contribution in [0.5, 0.6) is 0 Å². The van der Waals surface area contributed by atoms with Gasteiger partial charge < -0.3 is 10.2 Å². The van der Waals surface area contributed by atoms with Gasteiger partial charge in [-0.05, 0) is 25.3 Å². The van der Waals surface area contributed by atoms with Crippen molar-refractivity contribution in [2.24, 2.45) is 0 Å². The zero-order chi connectivity index (χ0) is 14.5. The normalized spacial score (nSPS) is 15.0. The average Bonchev–Trinajstić information content (AvgIpc) is 2.48. The first-order valence-corrected chi connectivity index (χ1v) is 6.45. The van der Waals surface area contributed by atoms with Gasteiger partial charge in [-0.15, -0.1) is 0 Å². The molecule has 0 aromatic carbocycles. The molecular weight excluding hydrogens is 268 g/mol. The van der Waals surface area contributed by atoms with E-state index in [0.717, 1.165) is 31.5 Å². The highest BCUT2D eigenvalue weighted by atomic mass is 19.2. The van der Waals surface area contributed by atoms with Crippen LogP contribution in [0.1, 0.15) is 29.6 Å². The van der Waals surface area contributed by atoms with Gasteiger partial charge in [0.1, 0.15) is 0 Å². The number of carbonyl (C=O) groups excluding carboxylic acids is 2. The van der Waals surface area contributed by atoms with Gasteiger partial charge in [0.05, 0.1) is 12.1 Å². The minimum Gasteiger partial charge on any atom is -0.343 e. The van der Waals surface area contributed by atoms with Crippen LogP contribution in [-0.4, -0.2) is 41.3 Å². The van der Waals surface area contributed by atoms with Crippen LogP contribution in [0.15, 0.2) is 12.3 Å². The summed E-state index contributed by atoms with van der Waals surface area (Å²) in [5.74, 6) is -3.68. The van der Waals surface area contributed by atoms with E-state index in [4.69, 9.17) is 0 Å². The molecule has 1 saturated heterocycles. The van der Waals surface area contributed by atoms with Gasteiger partial charge in [0.15, 0.2) is 5.82 Å². The van der Waals surface area contributed by atoms with Crippen molar-refractivity contribution >= 4 is 11.8 Å². The van der Waals surface area contributed by atoms with E-state index in [1.807, 2.05) is 0 Å². The number of carbonyl (C=O) groups is 2. The second-order valence-electron chi connectivity index (χ2n) is 4.59. The Morgan fingerprint density at radius 2 is 1.95 bits per heavy atom. The van der Waals surface area contributed by atoms with E-state index >= 15 is 0 Å². The molecule has 1 N–H and O–H groups in total. The van der Waals surface area contributed by atoms with Crippen molar-refractivity contribution in [1.82, 2.24) is 15.2 Å². The van der Waals surface area contributed by atoms with Crippen molar-refractivity contribution in [2.45, 2.75) is 19.3 Å². The summed E-state index contributed by atoms with van der Waals surface area (Å²) in [5.41, 5.74) is -0.455. The van der Waals surface area contributed by atoms with Crippen LogP contribution in [0.25, 0.3) is 0 Å². The second-order valence-corrected chi connectivity index (χ2v) is 4.59. The molecule has 0 spiro atoms. The van der Waals surface area contributed by atoms with Crippen molar-refractivity contribution in [3.05, 3.63) is 29.6 Å². The van der Waals surface area contributed by atoms with E-state index in [1.165, 1.54) is 0 Å². The van der Waals surface area contributed by atoms with Crippen molar-refractivity contribution in [1.29, 1.82) is 0 Å². The molecule has 0 bridgehead atoms. The third-order valence-corrected chi connectivity index (χ3v) is 3.20. The number of pyridine rings is 1. The summed E-state index contributed by atoms with van der Waals surface area (Å²) in [6.07, 6.45) is 3.99. The molecule has 2 heterocycles. The molecule has 0 radical (unpaired) electrons. The Kier molecular flexibility index (Phi) is 4.60. The Morgan fingerprint density at radius 3 is 2.65 bits per heavy atom. The molecule has 108 valence electrons. The van der Waals surface area contributed by atoms with Gasteiger partial charge in [-0.1, -0.05) is 0 Å². The summed E-state index contributed by atoms with van der Waals surface area (Å²) < 4.78 is 26.2. The van der Waals surface area contributed by atoms with Crippen LogP contribution in [-0.2, 0) is 4.79 Å². The number of piperidine rings is 1. The molecule has 2 amide bonds. The second kappa shape index (κ2) is 6.40. The third-order valence-electron chi connectivity index (χ3n) is 3.20. The lowest BCUT2D eigenvalue weighted by atomic mass is 10.1. The molecule has 0 saturated carbocycles. The highest BCUT2D eigenvalue weighted by Gasteiger charge is 2.19. The van der Waals surface area contributed by atoms with Gasteiger partial charge in [-0.3, -0.25) is 9.59 Å². The summed E-state index contributed by atoms with van der Waals surface area (Å²) in [7, 11) is 0. The fourth-order valence-corrected chi connectivity index (χ4v) is 2.10. The lowest BCUT2D eigenvalue weighted by Gasteiger charge is -2.26. The van der Waals surface area contributed by atoms with Gasteiger partial charge in [0, 0.05) is 19.3 Å². The van der Waals surface area contributed by atoms with E-state index in [0.29, 0.717) is 13.1 Å². The molecule has 1 aliphatic heterocycles. The predicted molar refractivity (Wildman–Crippen MR) is 66.9 cm³/mol. The minimum atomic E-state index is -1.33. The van der Waals surface area contributed by atoms with Crippen LogP contribution < -0.4 is 5.32 Å². The number of hydrogen-bond acceptors (Lipinski definition) is 3. The monoisotopic (exact) mass is 283 g/mol. The maximum Gasteiger partial charge on any atom is 0.254 e. The topological polar surface area (TPSA) is 62.3 Å². The van der Waals surface area contributed by atoms with Crippen LogP contribution in [0.4, 0.5) is 8.78 Å². The molecule has 1 aliphatic rings. The van der Waals surface area contributed by atoms with E-state index in [1.54, 1.807) is 4.90 Å². The number of hydrogen-bond donors (Lipinski definition) is 1. The fraction of sp³-hybridized carbons (Fsp3) is 0.462. The minimum absolute atomic E-state index is 0.215. The number of aromatic nitrogens is 1. The molecule has 1 fully saturated rings. The number of rotatable bonds is 3. The molecule has 0 atom stereocenters. The zero-order valence-corrected chi connectivity index (χ0v) is 10.9. The van der Waals surface area contributed by atoms with Gasteiger partial charge in [0.25, 0.3) is 5.91 Å². The molecule has 5 nitrogen and oxygen atoms in total. The van der Waals surface area contributed by atoms with Crippen molar-refractivity contribution < 1.29 is 18.4 Å². The smallest absolute Gasteiger partial charge is 0.254 e. The SMILES string of the molecule is O=C(NCC(=O)N1CCCCC1)c1ccnc(F)c1F. The number of halogens is 2. The maximum atomic E-state index is 13.3. The fourth-order valence-electron chi connectivity index (χ4n) is 2.10. The maximum absolute atomic E-state index is 13.3. The summed E-state index contributed by atoms with van der Waals surface area (Å²) in [5, 5.41) is 2.30. The molecule has 2 rings (SSSR count). The first-order chi connectivity index (χ1) is 9.59. The van der Waals surface area contributed by atoms with E-state index in [9.17, 15) is 18.4 Å². The number of amides is 2. The predicted octanol–water partition coefficient (Wildman–Crippen LogP) is 1.10. The van der Waals surface area contributed by atoms with Crippen molar-refractivity contribution in [3.8, 4) is 0 Å². The molecule has 0 unspecified atom stereocenters. The Hall–Kier alpha value is -2.05. The standard InChI is InChI=1S/C13H15F2N3O2/c14-11-9(4-5-16-12(11)15)13(20)17-8-10(19)18-6-2-1-3-7-18/h4-5H,1-3,6-8H2,(H,17,20). The lowest BCUT2D eigenvalue weighted by molar-refractivity contribution is -0.130. The Bertz CT molecular complexity index is 516. The summed E-state index contributed by atoms with van der Waals surface area (Å²) in [6, 6.07) is 1.07. The lowest BCUT2D eigenvalue weighted by Crippen LogP contribution is -2.42. The third kappa shape index (κ3) is 3.28. The Morgan fingerprint density at radius 1 is 1.25 bits per heavy atom. The van der Waals surface area contributed by atoms with E-state index in [2.05, 4.69) is 10.3 Å². The summed E-state index contributed by atoms with van der Waals surface area (Å²) >= 11 is 0. The zero-order valence-electron chi connectivity index (χ0n) is 10.9. The molecule has 1 aromatic rings.